The molecule has 0 bridgehead atoms. The van der Waals surface area contributed by atoms with Crippen molar-refractivity contribution in [1.82, 2.24) is 15.4 Å². The molecule has 0 spiro atoms. The van der Waals surface area contributed by atoms with Crippen LogP contribution in [0, 0.1) is 0 Å². The molecule has 1 amide bonds. The Labute approximate surface area is 190 Å². The van der Waals surface area contributed by atoms with Crippen LogP contribution >= 0.6 is 11.6 Å². The SMILES string of the molecule is CCNC(=O)c1onc(-c2cc(Cl)c(O)cc2O)c1-c1ccc(CN2CCOCC2)cc1. The van der Waals surface area contributed by atoms with E-state index in [9.17, 15) is 15.0 Å². The van der Waals surface area contributed by atoms with Crippen molar-refractivity contribution >= 4 is 17.5 Å². The minimum atomic E-state index is -0.414. The summed E-state index contributed by atoms with van der Waals surface area (Å²) in [6, 6.07) is 10.3. The van der Waals surface area contributed by atoms with Crippen LogP contribution < -0.4 is 5.32 Å². The number of amides is 1. The van der Waals surface area contributed by atoms with Gasteiger partial charge in [-0.25, -0.2) is 0 Å². The number of morpholine rings is 1. The maximum absolute atomic E-state index is 12.6. The minimum absolute atomic E-state index is 0.0337. The average Bonchev–Trinajstić information content (AvgIpc) is 3.23. The van der Waals surface area contributed by atoms with Gasteiger partial charge in [0, 0.05) is 37.8 Å². The standard InChI is InChI=1S/C23H24ClN3O5/c1-2-25-23(30)22-20(21(26-32-22)16-11-17(24)19(29)12-18(16)28)15-5-3-14(4-6-15)13-27-7-9-31-10-8-27/h3-6,11-12,28-29H,2,7-10,13H2,1H3,(H,25,30). The summed E-state index contributed by atoms with van der Waals surface area (Å²) in [5.74, 6) is -0.864. The second-order valence-corrected chi connectivity index (χ2v) is 7.91. The van der Waals surface area contributed by atoms with Gasteiger partial charge in [0.15, 0.2) is 0 Å². The number of hydrogen-bond donors (Lipinski definition) is 3. The van der Waals surface area contributed by atoms with Gasteiger partial charge in [0.2, 0.25) is 5.76 Å². The number of aromatic hydroxyl groups is 2. The summed E-state index contributed by atoms with van der Waals surface area (Å²) in [5.41, 5.74) is 2.78. The zero-order valence-electron chi connectivity index (χ0n) is 17.6. The highest BCUT2D eigenvalue weighted by Crippen LogP contribution is 2.42. The van der Waals surface area contributed by atoms with Crippen LogP contribution in [0.1, 0.15) is 23.0 Å². The van der Waals surface area contributed by atoms with E-state index in [-0.39, 0.29) is 33.5 Å². The molecule has 0 aliphatic carbocycles. The highest BCUT2D eigenvalue weighted by molar-refractivity contribution is 6.32. The third-order valence-electron chi connectivity index (χ3n) is 5.31. The van der Waals surface area contributed by atoms with Crippen molar-refractivity contribution in [1.29, 1.82) is 0 Å². The number of phenols is 2. The van der Waals surface area contributed by atoms with Gasteiger partial charge in [0.1, 0.15) is 17.2 Å². The smallest absolute Gasteiger partial charge is 0.290 e. The zero-order chi connectivity index (χ0) is 22.7. The maximum Gasteiger partial charge on any atom is 0.290 e. The largest absolute Gasteiger partial charge is 0.507 e. The second kappa shape index (κ2) is 9.60. The van der Waals surface area contributed by atoms with Crippen LogP contribution in [-0.2, 0) is 11.3 Å². The predicted octanol–water partition coefficient (Wildman–Crippen LogP) is 3.66. The molecule has 0 radical (unpaired) electrons. The Balaban J connectivity index is 1.73. The summed E-state index contributed by atoms with van der Waals surface area (Å²) < 4.78 is 10.8. The quantitative estimate of drug-likeness (QED) is 0.518. The Hall–Kier alpha value is -3.07. The minimum Gasteiger partial charge on any atom is -0.507 e. The normalized spacial score (nSPS) is 14.4. The van der Waals surface area contributed by atoms with Crippen molar-refractivity contribution in [2.24, 2.45) is 0 Å². The van der Waals surface area contributed by atoms with Crippen LogP contribution in [0.4, 0.5) is 0 Å². The Kier molecular flexibility index (Phi) is 6.64. The fourth-order valence-corrected chi connectivity index (χ4v) is 3.84. The lowest BCUT2D eigenvalue weighted by Gasteiger charge is -2.26. The Morgan fingerprint density at radius 3 is 2.56 bits per heavy atom. The van der Waals surface area contributed by atoms with Gasteiger partial charge in [0.05, 0.1) is 23.8 Å². The number of halogens is 1. The van der Waals surface area contributed by atoms with Crippen molar-refractivity contribution < 1.29 is 24.3 Å². The number of rotatable bonds is 6. The summed E-state index contributed by atoms with van der Waals surface area (Å²) >= 11 is 6.05. The molecule has 0 unspecified atom stereocenters. The lowest BCUT2D eigenvalue weighted by molar-refractivity contribution is 0.0342. The molecule has 4 rings (SSSR count). The molecule has 8 nitrogen and oxygen atoms in total. The molecule has 3 N–H and O–H groups in total. The number of nitrogens with zero attached hydrogens (tertiary/aromatic N) is 2. The molecular formula is C23H24ClN3O5. The second-order valence-electron chi connectivity index (χ2n) is 7.50. The van der Waals surface area contributed by atoms with Crippen LogP contribution in [0.3, 0.4) is 0 Å². The number of aromatic nitrogens is 1. The molecule has 1 aliphatic heterocycles. The van der Waals surface area contributed by atoms with Gasteiger partial charge < -0.3 is 24.8 Å². The summed E-state index contributed by atoms with van der Waals surface area (Å²) in [6.07, 6.45) is 0. The lowest BCUT2D eigenvalue weighted by atomic mass is 9.97. The van der Waals surface area contributed by atoms with Gasteiger partial charge >= 0.3 is 0 Å². The van der Waals surface area contributed by atoms with E-state index in [4.69, 9.17) is 20.9 Å². The summed E-state index contributed by atoms with van der Waals surface area (Å²) in [6.45, 7) is 6.27. The third kappa shape index (κ3) is 4.57. The van der Waals surface area contributed by atoms with Crippen molar-refractivity contribution in [2.75, 3.05) is 32.8 Å². The summed E-state index contributed by atoms with van der Waals surface area (Å²) in [5, 5.41) is 27.0. The number of nitrogens with one attached hydrogen (secondary N) is 1. The molecule has 1 fully saturated rings. The Bertz CT molecular complexity index is 1110. The van der Waals surface area contributed by atoms with E-state index in [0.717, 1.165) is 44.5 Å². The predicted molar refractivity (Wildman–Crippen MR) is 120 cm³/mol. The van der Waals surface area contributed by atoms with Gasteiger partial charge in [-0.15, -0.1) is 0 Å². The van der Waals surface area contributed by atoms with E-state index in [1.807, 2.05) is 24.3 Å². The highest BCUT2D eigenvalue weighted by Gasteiger charge is 2.26. The van der Waals surface area contributed by atoms with E-state index < -0.39 is 5.91 Å². The van der Waals surface area contributed by atoms with Gasteiger partial charge in [0.25, 0.3) is 5.91 Å². The van der Waals surface area contributed by atoms with Crippen LogP contribution in [-0.4, -0.2) is 59.0 Å². The monoisotopic (exact) mass is 457 g/mol. The summed E-state index contributed by atoms with van der Waals surface area (Å²) in [4.78, 5) is 14.9. The first kappa shape index (κ1) is 22.1. The van der Waals surface area contributed by atoms with E-state index in [1.54, 1.807) is 6.92 Å². The molecule has 1 saturated heterocycles. The van der Waals surface area contributed by atoms with E-state index in [1.165, 1.54) is 6.07 Å². The topological polar surface area (TPSA) is 108 Å². The van der Waals surface area contributed by atoms with Crippen molar-refractivity contribution in [3.05, 3.63) is 52.7 Å². The fraction of sp³-hybridized carbons (Fsp3) is 0.304. The molecule has 2 heterocycles. The van der Waals surface area contributed by atoms with E-state index in [0.29, 0.717) is 17.7 Å². The van der Waals surface area contributed by atoms with Crippen LogP contribution in [0.25, 0.3) is 22.4 Å². The molecule has 9 heteroatoms. The molecule has 168 valence electrons. The first-order chi connectivity index (χ1) is 15.5. The molecular weight excluding hydrogens is 434 g/mol. The number of phenolic OH excluding ortho intramolecular Hbond substituents is 2. The van der Waals surface area contributed by atoms with Crippen molar-refractivity contribution in [3.8, 4) is 33.9 Å². The third-order valence-corrected chi connectivity index (χ3v) is 5.61. The van der Waals surface area contributed by atoms with Gasteiger partial charge in [-0.1, -0.05) is 41.0 Å². The summed E-state index contributed by atoms with van der Waals surface area (Å²) in [7, 11) is 0. The number of ether oxygens (including phenoxy) is 1. The van der Waals surface area contributed by atoms with Crippen LogP contribution in [0.15, 0.2) is 40.9 Å². The zero-order valence-corrected chi connectivity index (χ0v) is 18.4. The molecule has 0 saturated carbocycles. The van der Waals surface area contributed by atoms with Crippen molar-refractivity contribution in [2.45, 2.75) is 13.5 Å². The molecule has 32 heavy (non-hydrogen) atoms. The lowest BCUT2D eigenvalue weighted by Crippen LogP contribution is -2.35. The number of hydrogen-bond acceptors (Lipinski definition) is 7. The molecule has 0 atom stereocenters. The Morgan fingerprint density at radius 1 is 1.16 bits per heavy atom. The Morgan fingerprint density at radius 2 is 1.88 bits per heavy atom. The van der Waals surface area contributed by atoms with Gasteiger partial charge in [-0.3, -0.25) is 9.69 Å². The highest BCUT2D eigenvalue weighted by atomic mass is 35.5. The molecule has 1 aliphatic rings. The number of carbonyl (C=O) groups excluding carboxylic acids is 1. The number of carbonyl (C=O) groups is 1. The van der Waals surface area contributed by atoms with Crippen LogP contribution in [0.5, 0.6) is 11.5 Å². The van der Waals surface area contributed by atoms with Crippen LogP contribution in [0.2, 0.25) is 5.02 Å². The van der Waals surface area contributed by atoms with Gasteiger partial charge in [-0.05, 0) is 24.1 Å². The first-order valence-corrected chi connectivity index (χ1v) is 10.7. The fourth-order valence-electron chi connectivity index (χ4n) is 3.67. The van der Waals surface area contributed by atoms with E-state index >= 15 is 0 Å². The molecule has 3 aromatic rings. The maximum atomic E-state index is 12.6. The van der Waals surface area contributed by atoms with Gasteiger partial charge in [-0.2, -0.15) is 0 Å². The first-order valence-electron chi connectivity index (χ1n) is 10.4. The molecule has 2 aromatic carbocycles. The van der Waals surface area contributed by atoms with Crippen molar-refractivity contribution in [3.63, 3.8) is 0 Å². The number of benzene rings is 2. The molecule has 1 aromatic heterocycles. The van der Waals surface area contributed by atoms with E-state index in [2.05, 4.69) is 15.4 Å². The average molecular weight is 458 g/mol.